The number of nitrogens with one attached hydrogen (secondary N) is 2. The van der Waals surface area contributed by atoms with E-state index in [1.165, 1.54) is 12.5 Å². The Bertz CT molecular complexity index is 736. The van der Waals surface area contributed by atoms with E-state index in [-0.39, 0.29) is 30.3 Å². The number of carbonyl (C=O) groups excluding carboxylic acids is 2. The maximum atomic E-state index is 12.6. The standard InChI is InChI=1S/C22H28N2O2/c1-5-20(18-10-6-15(2)7-11-18)24-22(26)14-21(23-17(4)25)19-12-8-16(3)9-13-19/h6-13,20-21H,5,14H2,1-4H3,(H,23,25)(H,24,26). The highest BCUT2D eigenvalue weighted by molar-refractivity contribution is 5.79. The molecule has 0 spiro atoms. The van der Waals surface area contributed by atoms with Crippen LogP contribution in [-0.4, -0.2) is 11.8 Å². The van der Waals surface area contributed by atoms with Gasteiger partial charge in [-0.2, -0.15) is 0 Å². The zero-order valence-electron chi connectivity index (χ0n) is 16.0. The largest absolute Gasteiger partial charge is 0.349 e. The molecule has 0 aromatic heterocycles. The van der Waals surface area contributed by atoms with Crippen molar-refractivity contribution in [3.63, 3.8) is 0 Å². The zero-order valence-corrected chi connectivity index (χ0v) is 16.0. The summed E-state index contributed by atoms with van der Waals surface area (Å²) in [6.07, 6.45) is 1.02. The van der Waals surface area contributed by atoms with Crippen LogP contribution in [0.4, 0.5) is 0 Å². The lowest BCUT2D eigenvalue weighted by atomic mass is 10.00. The molecule has 0 fully saturated rings. The Morgan fingerprint density at radius 1 is 0.808 bits per heavy atom. The van der Waals surface area contributed by atoms with E-state index in [0.717, 1.165) is 23.1 Å². The Labute approximate surface area is 156 Å². The molecule has 2 amide bonds. The Kier molecular flexibility index (Phi) is 6.96. The second kappa shape index (κ2) is 9.18. The van der Waals surface area contributed by atoms with Crippen molar-refractivity contribution in [2.45, 2.75) is 52.6 Å². The topological polar surface area (TPSA) is 58.2 Å². The quantitative estimate of drug-likeness (QED) is 0.787. The molecule has 0 saturated carbocycles. The van der Waals surface area contributed by atoms with Crippen LogP contribution in [0, 0.1) is 13.8 Å². The van der Waals surface area contributed by atoms with Crippen molar-refractivity contribution in [1.82, 2.24) is 10.6 Å². The molecule has 0 radical (unpaired) electrons. The van der Waals surface area contributed by atoms with Crippen LogP contribution in [0.1, 0.15) is 61.0 Å². The van der Waals surface area contributed by atoms with Crippen LogP contribution in [0.3, 0.4) is 0 Å². The average molecular weight is 352 g/mol. The fraction of sp³-hybridized carbons (Fsp3) is 0.364. The third kappa shape index (κ3) is 5.73. The third-order valence-corrected chi connectivity index (χ3v) is 4.47. The Hall–Kier alpha value is -2.62. The van der Waals surface area contributed by atoms with Crippen LogP contribution in [0.25, 0.3) is 0 Å². The lowest BCUT2D eigenvalue weighted by Crippen LogP contribution is -2.34. The summed E-state index contributed by atoms with van der Waals surface area (Å²) in [4.78, 5) is 24.2. The lowest BCUT2D eigenvalue weighted by Gasteiger charge is -2.22. The Morgan fingerprint density at radius 2 is 1.27 bits per heavy atom. The molecule has 2 unspecified atom stereocenters. The van der Waals surface area contributed by atoms with Gasteiger partial charge in [-0.15, -0.1) is 0 Å². The van der Waals surface area contributed by atoms with E-state index >= 15 is 0 Å². The number of aryl methyl sites for hydroxylation is 2. The predicted octanol–water partition coefficient (Wildman–Crippen LogP) is 4.14. The van der Waals surface area contributed by atoms with Crippen molar-refractivity contribution >= 4 is 11.8 Å². The summed E-state index contributed by atoms with van der Waals surface area (Å²) in [6.45, 7) is 7.58. The summed E-state index contributed by atoms with van der Waals surface area (Å²) < 4.78 is 0. The van der Waals surface area contributed by atoms with Crippen LogP contribution < -0.4 is 10.6 Å². The normalized spacial score (nSPS) is 12.9. The molecule has 0 bridgehead atoms. The van der Waals surface area contributed by atoms with Crippen LogP contribution in [0.2, 0.25) is 0 Å². The molecule has 0 aliphatic carbocycles. The Balaban J connectivity index is 2.08. The maximum absolute atomic E-state index is 12.6. The van der Waals surface area contributed by atoms with E-state index in [9.17, 15) is 9.59 Å². The van der Waals surface area contributed by atoms with Gasteiger partial charge in [0, 0.05) is 6.92 Å². The summed E-state index contributed by atoms with van der Waals surface area (Å²) in [7, 11) is 0. The molecule has 0 saturated heterocycles. The molecule has 2 aromatic rings. The summed E-state index contributed by atoms with van der Waals surface area (Å²) in [5.41, 5.74) is 4.37. The van der Waals surface area contributed by atoms with Crippen molar-refractivity contribution < 1.29 is 9.59 Å². The van der Waals surface area contributed by atoms with E-state index in [1.807, 2.05) is 38.1 Å². The van der Waals surface area contributed by atoms with E-state index in [1.54, 1.807) is 0 Å². The van der Waals surface area contributed by atoms with Gasteiger partial charge in [0.05, 0.1) is 18.5 Å². The molecule has 0 aliphatic heterocycles. The number of rotatable bonds is 7. The van der Waals surface area contributed by atoms with Crippen LogP contribution >= 0.6 is 0 Å². The van der Waals surface area contributed by atoms with Gasteiger partial charge in [0.15, 0.2) is 0 Å². The molecule has 0 heterocycles. The number of hydrogen-bond acceptors (Lipinski definition) is 2. The molecular weight excluding hydrogens is 324 g/mol. The van der Waals surface area contributed by atoms with Crippen LogP contribution in [-0.2, 0) is 9.59 Å². The Morgan fingerprint density at radius 3 is 1.69 bits per heavy atom. The van der Waals surface area contributed by atoms with Crippen molar-refractivity contribution in [3.05, 3.63) is 70.8 Å². The van der Waals surface area contributed by atoms with Gasteiger partial charge in [-0.05, 0) is 31.4 Å². The van der Waals surface area contributed by atoms with Gasteiger partial charge in [0.1, 0.15) is 0 Å². The molecule has 2 aromatic carbocycles. The molecule has 138 valence electrons. The number of hydrogen-bond donors (Lipinski definition) is 2. The first-order chi connectivity index (χ1) is 12.4. The van der Waals surface area contributed by atoms with Crippen molar-refractivity contribution in [2.75, 3.05) is 0 Å². The smallest absolute Gasteiger partial charge is 0.222 e. The van der Waals surface area contributed by atoms with E-state index in [4.69, 9.17) is 0 Å². The number of amides is 2. The molecule has 2 N–H and O–H groups in total. The first-order valence-corrected chi connectivity index (χ1v) is 9.08. The van der Waals surface area contributed by atoms with Gasteiger partial charge in [-0.25, -0.2) is 0 Å². The van der Waals surface area contributed by atoms with Gasteiger partial charge in [0.25, 0.3) is 0 Å². The van der Waals surface area contributed by atoms with Crippen molar-refractivity contribution in [1.29, 1.82) is 0 Å². The minimum atomic E-state index is -0.330. The summed E-state index contributed by atoms with van der Waals surface area (Å²) in [5, 5.41) is 5.98. The minimum Gasteiger partial charge on any atom is -0.349 e. The second-order valence-corrected chi connectivity index (χ2v) is 6.81. The molecule has 26 heavy (non-hydrogen) atoms. The van der Waals surface area contributed by atoms with E-state index in [0.29, 0.717) is 0 Å². The second-order valence-electron chi connectivity index (χ2n) is 6.81. The fourth-order valence-corrected chi connectivity index (χ4v) is 2.95. The first-order valence-electron chi connectivity index (χ1n) is 9.08. The van der Waals surface area contributed by atoms with E-state index in [2.05, 4.69) is 41.8 Å². The fourth-order valence-electron chi connectivity index (χ4n) is 2.95. The van der Waals surface area contributed by atoms with Crippen molar-refractivity contribution in [3.8, 4) is 0 Å². The number of benzene rings is 2. The monoisotopic (exact) mass is 352 g/mol. The molecule has 4 nitrogen and oxygen atoms in total. The van der Waals surface area contributed by atoms with Gasteiger partial charge in [-0.1, -0.05) is 66.6 Å². The molecular formula is C22H28N2O2. The molecule has 2 atom stereocenters. The zero-order chi connectivity index (χ0) is 19.1. The SMILES string of the molecule is CCC(NC(=O)CC(NC(C)=O)c1ccc(C)cc1)c1ccc(C)cc1. The summed E-state index contributed by atoms with van der Waals surface area (Å²) in [6, 6.07) is 15.7. The van der Waals surface area contributed by atoms with Gasteiger partial charge >= 0.3 is 0 Å². The minimum absolute atomic E-state index is 0.0286. The molecule has 2 rings (SSSR count). The highest BCUT2D eigenvalue weighted by Crippen LogP contribution is 2.21. The van der Waals surface area contributed by atoms with Crippen LogP contribution in [0.5, 0.6) is 0 Å². The highest BCUT2D eigenvalue weighted by Gasteiger charge is 2.19. The average Bonchev–Trinajstić information content (AvgIpc) is 2.60. The third-order valence-electron chi connectivity index (χ3n) is 4.47. The summed E-state index contributed by atoms with van der Waals surface area (Å²) >= 11 is 0. The summed E-state index contributed by atoms with van der Waals surface area (Å²) in [5.74, 6) is -0.217. The molecule has 4 heteroatoms. The van der Waals surface area contributed by atoms with Gasteiger partial charge in [0.2, 0.25) is 11.8 Å². The maximum Gasteiger partial charge on any atom is 0.222 e. The molecule has 0 aliphatic rings. The predicted molar refractivity (Wildman–Crippen MR) is 105 cm³/mol. The van der Waals surface area contributed by atoms with Gasteiger partial charge in [-0.3, -0.25) is 9.59 Å². The van der Waals surface area contributed by atoms with Crippen LogP contribution in [0.15, 0.2) is 48.5 Å². The highest BCUT2D eigenvalue weighted by atomic mass is 16.2. The number of carbonyl (C=O) groups is 2. The lowest BCUT2D eigenvalue weighted by molar-refractivity contribution is -0.123. The van der Waals surface area contributed by atoms with Gasteiger partial charge < -0.3 is 10.6 Å². The first kappa shape index (κ1) is 19.7. The van der Waals surface area contributed by atoms with E-state index < -0.39 is 0 Å². The van der Waals surface area contributed by atoms with Crippen molar-refractivity contribution in [2.24, 2.45) is 0 Å².